The smallest absolute Gasteiger partial charge is 0.167 e. The van der Waals surface area contributed by atoms with Crippen molar-refractivity contribution in [3.8, 4) is 0 Å². The summed E-state index contributed by atoms with van der Waals surface area (Å²) in [5, 5.41) is 3.16. The van der Waals surface area contributed by atoms with Gasteiger partial charge in [-0.15, -0.1) is 0 Å². The van der Waals surface area contributed by atoms with Crippen LogP contribution in [-0.4, -0.2) is 43.0 Å². The molecule has 0 atom stereocenters. The lowest BCUT2D eigenvalue weighted by molar-refractivity contribution is -0.116. The zero-order chi connectivity index (χ0) is 19.3. The van der Waals surface area contributed by atoms with Crippen LogP contribution in [0, 0.1) is 5.82 Å². The van der Waals surface area contributed by atoms with Crippen molar-refractivity contribution in [3.63, 3.8) is 0 Å². The number of imidazole rings is 1. The van der Waals surface area contributed by atoms with E-state index in [-0.39, 0.29) is 12.2 Å². The third-order valence-corrected chi connectivity index (χ3v) is 7.69. The molecule has 2 heterocycles. The van der Waals surface area contributed by atoms with E-state index in [4.69, 9.17) is 0 Å². The maximum atomic E-state index is 13.3. The number of rotatable bonds is 8. The topological polar surface area (TPSA) is 91.9 Å². The van der Waals surface area contributed by atoms with Gasteiger partial charge in [0.2, 0.25) is 0 Å². The molecule has 6 nitrogen and oxygen atoms in total. The lowest BCUT2D eigenvalue weighted by Crippen LogP contribution is -2.47. The minimum absolute atomic E-state index is 0.192. The summed E-state index contributed by atoms with van der Waals surface area (Å²) in [4.78, 5) is 19.4. The van der Waals surface area contributed by atoms with Crippen molar-refractivity contribution in [1.29, 1.82) is 0 Å². The molecule has 146 valence electrons. The van der Waals surface area contributed by atoms with Gasteiger partial charge in [0.05, 0.1) is 4.75 Å². The number of ketones is 1. The minimum Gasteiger partial charge on any atom is -0.349 e. The van der Waals surface area contributed by atoms with Gasteiger partial charge >= 0.3 is 0 Å². The second-order valence-corrected chi connectivity index (χ2v) is 9.24. The third-order valence-electron chi connectivity index (χ3n) is 5.15. The lowest BCUT2D eigenvalue weighted by Gasteiger charge is -2.37. The number of aromatic amines is 1. The van der Waals surface area contributed by atoms with Crippen LogP contribution >= 0.6 is 0 Å². The van der Waals surface area contributed by atoms with Gasteiger partial charge < -0.3 is 10.3 Å². The molecule has 0 spiro atoms. The number of hydrogen-bond acceptors (Lipinski definition) is 5. The van der Waals surface area contributed by atoms with Gasteiger partial charge in [-0.2, -0.15) is 0 Å². The van der Waals surface area contributed by atoms with E-state index in [9.17, 15) is 17.6 Å². The highest BCUT2D eigenvalue weighted by atomic mass is 32.2. The highest BCUT2D eigenvalue weighted by Gasteiger charge is 2.46. The zero-order valence-corrected chi connectivity index (χ0v) is 15.9. The van der Waals surface area contributed by atoms with Gasteiger partial charge in [0.25, 0.3) is 0 Å². The van der Waals surface area contributed by atoms with Gasteiger partial charge in [-0.05, 0) is 50.0 Å². The average molecular weight is 393 g/mol. The van der Waals surface area contributed by atoms with Crippen molar-refractivity contribution in [1.82, 2.24) is 15.3 Å². The first kappa shape index (κ1) is 19.7. The Morgan fingerprint density at radius 1 is 1.19 bits per heavy atom. The predicted octanol–water partition coefficient (Wildman–Crippen LogP) is 2.13. The standard InChI is InChI=1S/C19H24FN3O3S/c20-16-6-4-15(5-7-16)19(8-10-21-11-9-19)27(25,26)14-17(24)2-1-3-18-22-12-13-23-18/h4-7,12-13,21H,1-3,8-11,14H2,(H,22,23). The fourth-order valence-corrected chi connectivity index (χ4v) is 5.84. The summed E-state index contributed by atoms with van der Waals surface area (Å²) in [6.45, 7) is 1.09. The molecule has 27 heavy (non-hydrogen) atoms. The van der Waals surface area contributed by atoms with E-state index >= 15 is 0 Å². The molecule has 1 aromatic heterocycles. The summed E-state index contributed by atoms with van der Waals surface area (Å²) in [6, 6.07) is 5.61. The Balaban J connectivity index is 1.72. The van der Waals surface area contributed by atoms with Crippen LogP contribution < -0.4 is 5.32 Å². The van der Waals surface area contributed by atoms with Gasteiger partial charge in [-0.3, -0.25) is 4.79 Å². The molecule has 3 rings (SSSR count). The molecule has 1 aliphatic rings. The fraction of sp³-hybridized carbons (Fsp3) is 0.474. The molecule has 0 aliphatic carbocycles. The maximum absolute atomic E-state index is 13.3. The van der Waals surface area contributed by atoms with Crippen molar-refractivity contribution in [2.75, 3.05) is 18.8 Å². The maximum Gasteiger partial charge on any atom is 0.167 e. The molecule has 0 amide bonds. The molecule has 0 radical (unpaired) electrons. The van der Waals surface area contributed by atoms with E-state index in [2.05, 4.69) is 15.3 Å². The first-order chi connectivity index (χ1) is 12.9. The Morgan fingerprint density at radius 3 is 2.52 bits per heavy atom. The molecule has 0 bridgehead atoms. The van der Waals surface area contributed by atoms with Crippen molar-refractivity contribution in [3.05, 3.63) is 53.9 Å². The zero-order valence-electron chi connectivity index (χ0n) is 15.1. The van der Waals surface area contributed by atoms with Crippen LogP contribution in [0.15, 0.2) is 36.7 Å². The second-order valence-electron chi connectivity index (χ2n) is 6.94. The number of piperidine rings is 1. The first-order valence-corrected chi connectivity index (χ1v) is 10.8. The number of sulfone groups is 1. The summed E-state index contributed by atoms with van der Waals surface area (Å²) < 4.78 is 38.6. The highest BCUT2D eigenvalue weighted by Crippen LogP contribution is 2.39. The number of aryl methyl sites for hydroxylation is 1. The Morgan fingerprint density at radius 2 is 1.89 bits per heavy atom. The number of carbonyl (C=O) groups is 1. The van der Waals surface area contributed by atoms with Crippen LogP contribution in [0.4, 0.5) is 4.39 Å². The van der Waals surface area contributed by atoms with E-state index in [1.165, 1.54) is 24.3 Å². The summed E-state index contributed by atoms with van der Waals surface area (Å²) in [6.07, 6.45) is 5.45. The number of hydrogen-bond donors (Lipinski definition) is 2. The average Bonchev–Trinajstić information content (AvgIpc) is 3.16. The summed E-state index contributed by atoms with van der Waals surface area (Å²) >= 11 is 0. The van der Waals surface area contributed by atoms with Gasteiger partial charge in [0, 0.05) is 25.2 Å². The number of benzene rings is 1. The Labute approximate surface area is 158 Å². The molecule has 8 heteroatoms. The van der Waals surface area contributed by atoms with Crippen LogP contribution in [-0.2, 0) is 25.8 Å². The molecule has 2 N–H and O–H groups in total. The molecular weight excluding hydrogens is 369 g/mol. The van der Waals surface area contributed by atoms with E-state index in [0.717, 1.165) is 5.82 Å². The predicted molar refractivity (Wildman–Crippen MR) is 101 cm³/mol. The highest BCUT2D eigenvalue weighted by molar-refractivity contribution is 7.93. The third kappa shape index (κ3) is 4.44. The summed E-state index contributed by atoms with van der Waals surface area (Å²) in [5.74, 6) is -0.398. The minimum atomic E-state index is -3.73. The monoisotopic (exact) mass is 393 g/mol. The number of halogens is 1. The van der Waals surface area contributed by atoms with E-state index in [0.29, 0.717) is 44.3 Å². The normalized spacial score (nSPS) is 16.9. The largest absolute Gasteiger partial charge is 0.349 e. The number of nitrogens with one attached hydrogen (secondary N) is 2. The van der Waals surface area contributed by atoms with Crippen LogP contribution in [0.5, 0.6) is 0 Å². The van der Waals surface area contributed by atoms with Crippen molar-refractivity contribution in [2.45, 2.75) is 36.9 Å². The Bertz CT molecular complexity index is 858. The molecule has 0 unspecified atom stereocenters. The fourth-order valence-electron chi connectivity index (χ4n) is 3.67. The van der Waals surface area contributed by atoms with Crippen LogP contribution in [0.25, 0.3) is 0 Å². The number of carbonyl (C=O) groups excluding carboxylic acids is 1. The van der Waals surface area contributed by atoms with Crippen LogP contribution in [0.1, 0.15) is 37.1 Å². The molecule has 1 saturated heterocycles. The van der Waals surface area contributed by atoms with Crippen LogP contribution in [0.2, 0.25) is 0 Å². The number of nitrogens with zero attached hydrogens (tertiary/aromatic N) is 1. The van der Waals surface area contributed by atoms with Gasteiger partial charge in [0.1, 0.15) is 23.2 Å². The van der Waals surface area contributed by atoms with Crippen LogP contribution in [0.3, 0.4) is 0 Å². The Hall–Kier alpha value is -2.06. The first-order valence-electron chi connectivity index (χ1n) is 9.12. The van der Waals surface area contributed by atoms with Gasteiger partial charge in [0.15, 0.2) is 9.84 Å². The number of H-pyrrole nitrogens is 1. The molecule has 1 aromatic carbocycles. The lowest BCUT2D eigenvalue weighted by atomic mass is 9.89. The van der Waals surface area contributed by atoms with Crippen molar-refractivity contribution < 1.29 is 17.6 Å². The van der Waals surface area contributed by atoms with E-state index in [1.807, 2.05) is 0 Å². The Kier molecular flexibility index (Phi) is 6.06. The molecule has 0 saturated carbocycles. The quantitative estimate of drug-likeness (QED) is 0.717. The number of Topliss-reactive ketones (excluding diaryl/α,β-unsaturated/α-hetero) is 1. The molecule has 1 fully saturated rings. The summed E-state index contributed by atoms with van der Waals surface area (Å²) in [7, 11) is -3.73. The van der Waals surface area contributed by atoms with E-state index < -0.39 is 26.2 Å². The van der Waals surface area contributed by atoms with Crippen molar-refractivity contribution >= 4 is 15.6 Å². The van der Waals surface area contributed by atoms with Crippen molar-refractivity contribution in [2.24, 2.45) is 0 Å². The van der Waals surface area contributed by atoms with Gasteiger partial charge in [-0.1, -0.05) is 12.1 Å². The molecule has 1 aliphatic heterocycles. The second kappa shape index (κ2) is 8.31. The van der Waals surface area contributed by atoms with E-state index in [1.54, 1.807) is 12.4 Å². The molecular formula is C19H24FN3O3S. The summed E-state index contributed by atoms with van der Waals surface area (Å²) in [5.41, 5.74) is 0.564. The van der Waals surface area contributed by atoms with Gasteiger partial charge in [-0.25, -0.2) is 17.8 Å². The SMILES string of the molecule is O=C(CCCc1ncc[nH]1)CS(=O)(=O)C1(c2ccc(F)cc2)CCNCC1. The number of aromatic nitrogens is 2. The molecule has 2 aromatic rings.